The molecule has 1 aromatic carbocycles. The van der Waals surface area contributed by atoms with Crippen LogP contribution in [0.2, 0.25) is 0 Å². The average Bonchev–Trinajstić information content (AvgIpc) is 2.45. The molecule has 2 rings (SSSR count). The Hall–Kier alpha value is -1.60. The molecule has 1 atom stereocenters. The standard InChI is InChI=1S/C14H14F3N3S/c1-9-6-19-13(20-7-9)21-8-12(18)10-3-2-4-11(5-10)14(15,16)17/h2-7,12H,8,18H2,1H3. The van der Waals surface area contributed by atoms with E-state index < -0.39 is 17.8 Å². The van der Waals surface area contributed by atoms with Gasteiger partial charge >= 0.3 is 6.18 Å². The maximum absolute atomic E-state index is 12.7. The van der Waals surface area contributed by atoms with Crippen molar-refractivity contribution >= 4 is 11.8 Å². The number of halogens is 3. The first-order valence-corrected chi connectivity index (χ1v) is 7.19. The van der Waals surface area contributed by atoms with E-state index in [1.165, 1.54) is 17.8 Å². The molecule has 1 aromatic heterocycles. The van der Waals surface area contributed by atoms with Crippen LogP contribution in [0.1, 0.15) is 22.7 Å². The van der Waals surface area contributed by atoms with Gasteiger partial charge in [-0.25, -0.2) is 9.97 Å². The molecule has 0 spiro atoms. The van der Waals surface area contributed by atoms with Crippen molar-refractivity contribution in [2.24, 2.45) is 5.73 Å². The predicted molar refractivity (Wildman–Crippen MR) is 75.9 cm³/mol. The van der Waals surface area contributed by atoms with E-state index in [9.17, 15) is 13.2 Å². The van der Waals surface area contributed by atoms with Gasteiger partial charge in [0.15, 0.2) is 5.16 Å². The van der Waals surface area contributed by atoms with Gasteiger partial charge in [0.05, 0.1) is 5.56 Å². The summed E-state index contributed by atoms with van der Waals surface area (Å²) >= 11 is 1.32. The summed E-state index contributed by atoms with van der Waals surface area (Å²) in [7, 11) is 0. The Morgan fingerprint density at radius 2 is 1.90 bits per heavy atom. The number of hydrogen-bond acceptors (Lipinski definition) is 4. The Morgan fingerprint density at radius 1 is 1.24 bits per heavy atom. The highest BCUT2D eigenvalue weighted by Gasteiger charge is 2.30. The fraction of sp³-hybridized carbons (Fsp3) is 0.286. The Kier molecular flexibility index (Phi) is 4.84. The van der Waals surface area contributed by atoms with E-state index in [1.807, 2.05) is 6.92 Å². The van der Waals surface area contributed by atoms with Gasteiger partial charge in [-0.05, 0) is 30.2 Å². The van der Waals surface area contributed by atoms with Crippen LogP contribution in [0, 0.1) is 6.92 Å². The number of hydrogen-bond donors (Lipinski definition) is 1. The SMILES string of the molecule is Cc1cnc(SCC(N)c2cccc(C(F)(F)F)c2)nc1. The van der Waals surface area contributed by atoms with Crippen LogP contribution in [-0.4, -0.2) is 15.7 Å². The molecule has 2 N–H and O–H groups in total. The highest BCUT2D eigenvalue weighted by atomic mass is 32.2. The lowest BCUT2D eigenvalue weighted by molar-refractivity contribution is -0.137. The van der Waals surface area contributed by atoms with Gasteiger partial charge in [0.25, 0.3) is 0 Å². The third kappa shape index (κ3) is 4.44. The largest absolute Gasteiger partial charge is 0.416 e. The van der Waals surface area contributed by atoms with Gasteiger partial charge in [0.1, 0.15) is 0 Å². The molecule has 0 fully saturated rings. The summed E-state index contributed by atoms with van der Waals surface area (Å²) in [6, 6.07) is 4.57. The van der Waals surface area contributed by atoms with Crippen LogP contribution in [0.4, 0.5) is 13.2 Å². The Bertz CT molecular complexity index is 599. The molecule has 0 bridgehead atoms. The summed E-state index contributed by atoms with van der Waals surface area (Å²) in [5.41, 5.74) is 6.65. The van der Waals surface area contributed by atoms with Crippen molar-refractivity contribution in [1.82, 2.24) is 9.97 Å². The third-order valence-electron chi connectivity index (χ3n) is 2.79. The number of thioether (sulfide) groups is 1. The average molecular weight is 313 g/mol. The van der Waals surface area contributed by atoms with Crippen LogP contribution in [-0.2, 0) is 6.18 Å². The fourth-order valence-electron chi connectivity index (χ4n) is 1.66. The van der Waals surface area contributed by atoms with Crippen molar-refractivity contribution in [3.05, 3.63) is 53.3 Å². The number of nitrogens with zero attached hydrogens (tertiary/aromatic N) is 2. The number of alkyl halides is 3. The monoisotopic (exact) mass is 313 g/mol. The third-order valence-corrected chi connectivity index (χ3v) is 3.79. The maximum Gasteiger partial charge on any atom is 0.416 e. The molecule has 112 valence electrons. The molecule has 1 heterocycles. The molecular formula is C14H14F3N3S. The molecule has 2 aromatic rings. The van der Waals surface area contributed by atoms with Crippen LogP contribution < -0.4 is 5.73 Å². The highest BCUT2D eigenvalue weighted by molar-refractivity contribution is 7.99. The molecule has 0 amide bonds. The second-order valence-corrected chi connectivity index (χ2v) is 5.57. The van der Waals surface area contributed by atoms with E-state index in [-0.39, 0.29) is 0 Å². The van der Waals surface area contributed by atoms with Crippen molar-refractivity contribution in [3.63, 3.8) is 0 Å². The Morgan fingerprint density at radius 3 is 2.52 bits per heavy atom. The number of rotatable bonds is 4. The molecule has 0 aliphatic heterocycles. The van der Waals surface area contributed by atoms with Crippen LogP contribution in [0.25, 0.3) is 0 Å². The molecule has 1 unspecified atom stereocenters. The van der Waals surface area contributed by atoms with Gasteiger partial charge in [-0.15, -0.1) is 0 Å². The van der Waals surface area contributed by atoms with E-state index in [1.54, 1.807) is 18.5 Å². The Labute approximate surface area is 124 Å². The summed E-state index contributed by atoms with van der Waals surface area (Å²) in [6.07, 6.45) is -0.987. The van der Waals surface area contributed by atoms with Crippen molar-refractivity contribution < 1.29 is 13.2 Å². The van der Waals surface area contributed by atoms with Crippen LogP contribution in [0.5, 0.6) is 0 Å². The zero-order chi connectivity index (χ0) is 15.5. The molecule has 0 aliphatic carbocycles. The molecular weight excluding hydrogens is 299 g/mol. The van der Waals surface area contributed by atoms with Gasteiger partial charge in [-0.3, -0.25) is 0 Å². The lowest BCUT2D eigenvalue weighted by Crippen LogP contribution is -2.15. The minimum atomic E-state index is -4.36. The van der Waals surface area contributed by atoms with Gasteiger partial charge in [-0.1, -0.05) is 23.9 Å². The van der Waals surface area contributed by atoms with Gasteiger partial charge in [-0.2, -0.15) is 13.2 Å². The van der Waals surface area contributed by atoms with Gasteiger partial charge in [0.2, 0.25) is 0 Å². The lowest BCUT2D eigenvalue weighted by atomic mass is 10.1. The second-order valence-electron chi connectivity index (χ2n) is 4.58. The van der Waals surface area contributed by atoms with E-state index in [0.29, 0.717) is 16.5 Å². The van der Waals surface area contributed by atoms with Crippen molar-refractivity contribution in [3.8, 4) is 0 Å². The lowest BCUT2D eigenvalue weighted by Gasteiger charge is -2.13. The summed E-state index contributed by atoms with van der Waals surface area (Å²) in [5, 5.41) is 0.558. The van der Waals surface area contributed by atoms with Crippen LogP contribution in [0.15, 0.2) is 41.8 Å². The van der Waals surface area contributed by atoms with E-state index in [0.717, 1.165) is 17.7 Å². The topological polar surface area (TPSA) is 51.8 Å². The predicted octanol–water partition coefficient (Wildman–Crippen LogP) is 3.60. The molecule has 0 saturated heterocycles. The first-order chi connectivity index (χ1) is 9.86. The summed E-state index contributed by atoms with van der Waals surface area (Å²) in [6.45, 7) is 1.88. The fourth-order valence-corrected chi connectivity index (χ4v) is 2.44. The van der Waals surface area contributed by atoms with E-state index in [2.05, 4.69) is 9.97 Å². The summed E-state index contributed by atoms with van der Waals surface area (Å²) in [4.78, 5) is 8.23. The number of aryl methyl sites for hydroxylation is 1. The summed E-state index contributed by atoms with van der Waals surface area (Å²) in [5.74, 6) is 0.407. The zero-order valence-corrected chi connectivity index (χ0v) is 12.1. The van der Waals surface area contributed by atoms with Crippen molar-refractivity contribution in [2.45, 2.75) is 24.3 Å². The van der Waals surface area contributed by atoms with E-state index in [4.69, 9.17) is 5.73 Å². The quantitative estimate of drug-likeness (QED) is 0.692. The normalized spacial score (nSPS) is 13.2. The first kappa shape index (κ1) is 15.8. The van der Waals surface area contributed by atoms with Crippen LogP contribution in [0.3, 0.4) is 0 Å². The molecule has 21 heavy (non-hydrogen) atoms. The maximum atomic E-state index is 12.7. The number of aromatic nitrogens is 2. The van der Waals surface area contributed by atoms with Crippen LogP contribution >= 0.6 is 11.8 Å². The number of nitrogens with two attached hydrogens (primary N) is 1. The van der Waals surface area contributed by atoms with Crippen molar-refractivity contribution in [2.75, 3.05) is 5.75 Å². The highest BCUT2D eigenvalue weighted by Crippen LogP contribution is 2.31. The smallest absolute Gasteiger partial charge is 0.323 e. The molecule has 7 heteroatoms. The van der Waals surface area contributed by atoms with Gasteiger partial charge < -0.3 is 5.73 Å². The minimum absolute atomic E-state index is 0.407. The summed E-state index contributed by atoms with van der Waals surface area (Å²) < 4.78 is 38.0. The second kappa shape index (κ2) is 6.44. The van der Waals surface area contributed by atoms with Gasteiger partial charge in [0, 0.05) is 24.2 Å². The molecule has 0 radical (unpaired) electrons. The molecule has 3 nitrogen and oxygen atoms in total. The number of benzene rings is 1. The van der Waals surface area contributed by atoms with E-state index >= 15 is 0 Å². The first-order valence-electron chi connectivity index (χ1n) is 6.20. The molecule has 0 aliphatic rings. The van der Waals surface area contributed by atoms with Crippen molar-refractivity contribution in [1.29, 1.82) is 0 Å². The molecule has 0 saturated carbocycles. The zero-order valence-electron chi connectivity index (χ0n) is 11.3. The minimum Gasteiger partial charge on any atom is -0.323 e. The Balaban J connectivity index is 2.03.